The number of imidazole rings is 1. The molecule has 1 aliphatic rings. The van der Waals surface area contributed by atoms with Gasteiger partial charge >= 0.3 is 0 Å². The Morgan fingerprint density at radius 3 is 2.74 bits per heavy atom. The van der Waals surface area contributed by atoms with Gasteiger partial charge in [-0.3, -0.25) is 9.36 Å². The Labute approximate surface area is 108 Å². The molecule has 8 nitrogen and oxygen atoms in total. The largest absolute Gasteiger partial charge is 0.394 e. The zero-order chi connectivity index (χ0) is 14.2. The minimum Gasteiger partial charge on any atom is -0.394 e. The minimum atomic E-state index is -1.31. The number of terminal acetylenes is 1. The van der Waals surface area contributed by atoms with Crippen LogP contribution in [0.25, 0.3) is 0 Å². The molecule has 19 heavy (non-hydrogen) atoms. The number of aliphatic hydroxyl groups is 3. The number of aromatic nitrogens is 2. The monoisotopic (exact) mass is 267 g/mol. The molecule has 1 saturated heterocycles. The lowest BCUT2D eigenvalue weighted by atomic mass is 10.1. The molecule has 4 atom stereocenters. The molecule has 2 heterocycles. The quantitative estimate of drug-likeness (QED) is 0.451. The number of nitrogens with zero attached hydrogens (tertiary/aromatic N) is 2. The Hall–Kier alpha value is -1.92. The number of carbonyl (C=O) groups excluding carboxylic acids is 1. The Morgan fingerprint density at radius 2 is 2.26 bits per heavy atom. The van der Waals surface area contributed by atoms with Crippen molar-refractivity contribution in [3.8, 4) is 12.3 Å². The lowest BCUT2D eigenvalue weighted by molar-refractivity contribution is -0.0531. The normalized spacial score (nSPS) is 30.2. The maximum absolute atomic E-state index is 11.1. The van der Waals surface area contributed by atoms with E-state index < -0.39 is 37.1 Å². The van der Waals surface area contributed by atoms with Gasteiger partial charge in [-0.05, 0) is 5.92 Å². The van der Waals surface area contributed by atoms with Crippen molar-refractivity contribution >= 4 is 5.91 Å². The highest BCUT2D eigenvalue weighted by Crippen LogP contribution is 2.30. The molecule has 0 aromatic carbocycles. The van der Waals surface area contributed by atoms with E-state index in [-0.39, 0.29) is 11.4 Å². The molecule has 0 aliphatic carbocycles. The van der Waals surface area contributed by atoms with Gasteiger partial charge in [0.2, 0.25) is 0 Å². The summed E-state index contributed by atoms with van der Waals surface area (Å²) in [7, 11) is 0. The molecule has 0 spiro atoms. The van der Waals surface area contributed by atoms with Gasteiger partial charge in [0, 0.05) is 0 Å². The summed E-state index contributed by atoms with van der Waals surface area (Å²) < 4.78 is 6.51. The number of hydrogen-bond acceptors (Lipinski definition) is 6. The summed E-state index contributed by atoms with van der Waals surface area (Å²) in [5.74, 6) is 1.43. The second-order valence-electron chi connectivity index (χ2n) is 4.09. The van der Waals surface area contributed by atoms with E-state index in [2.05, 4.69) is 10.9 Å². The Morgan fingerprint density at radius 1 is 1.58 bits per heavy atom. The first kappa shape index (κ1) is 13.5. The molecule has 8 heteroatoms. The van der Waals surface area contributed by atoms with Gasteiger partial charge in [-0.1, -0.05) is 0 Å². The SMILES string of the molecule is C#Cc1c(C(N)=O)ncn1[C@@H]1O[C@H](CO)[C@H](O)C1O. The molecule has 102 valence electrons. The molecular formula is C11H13N3O5. The molecule has 2 rings (SSSR count). The standard InChI is InChI=1S/C11H13N3O5/c1-2-5-7(10(12)18)13-4-14(5)11-9(17)8(16)6(3-15)19-11/h1,4,6,8-9,11,15-17H,3H2,(H2,12,18)/t6-,8+,9?,11-/m1/s1. The van der Waals surface area contributed by atoms with Crippen molar-refractivity contribution in [2.24, 2.45) is 5.73 Å². The number of aliphatic hydroxyl groups excluding tert-OH is 3. The van der Waals surface area contributed by atoms with E-state index in [1.54, 1.807) is 0 Å². The highest BCUT2D eigenvalue weighted by atomic mass is 16.6. The number of primary amides is 1. The lowest BCUT2D eigenvalue weighted by Gasteiger charge is -2.17. The number of ether oxygens (including phenoxy) is 1. The van der Waals surface area contributed by atoms with Crippen LogP contribution in [-0.4, -0.2) is 55.7 Å². The smallest absolute Gasteiger partial charge is 0.270 e. The van der Waals surface area contributed by atoms with Crippen LogP contribution in [0.5, 0.6) is 0 Å². The van der Waals surface area contributed by atoms with E-state index in [0.29, 0.717) is 0 Å². The van der Waals surface area contributed by atoms with E-state index in [4.69, 9.17) is 22.0 Å². The summed E-state index contributed by atoms with van der Waals surface area (Å²) in [6.45, 7) is -0.461. The van der Waals surface area contributed by atoms with Gasteiger partial charge in [0.15, 0.2) is 11.9 Å². The maximum atomic E-state index is 11.1. The molecule has 1 unspecified atom stereocenters. The molecule has 0 saturated carbocycles. The molecule has 0 bridgehead atoms. The van der Waals surface area contributed by atoms with Crippen molar-refractivity contribution in [2.75, 3.05) is 6.61 Å². The van der Waals surface area contributed by atoms with Crippen molar-refractivity contribution in [3.05, 3.63) is 17.7 Å². The summed E-state index contributed by atoms with van der Waals surface area (Å²) in [4.78, 5) is 14.9. The van der Waals surface area contributed by atoms with Gasteiger partial charge in [0.05, 0.1) is 12.9 Å². The second-order valence-corrected chi connectivity index (χ2v) is 4.09. The fourth-order valence-electron chi connectivity index (χ4n) is 1.99. The van der Waals surface area contributed by atoms with Crippen LogP contribution in [0.1, 0.15) is 22.4 Å². The Balaban J connectivity index is 2.39. The average Bonchev–Trinajstić information content (AvgIpc) is 2.92. The van der Waals surface area contributed by atoms with Crippen molar-refractivity contribution < 1.29 is 24.9 Å². The molecular weight excluding hydrogens is 254 g/mol. The van der Waals surface area contributed by atoms with Gasteiger partial charge < -0.3 is 25.8 Å². The molecule has 0 radical (unpaired) electrons. The van der Waals surface area contributed by atoms with E-state index >= 15 is 0 Å². The summed E-state index contributed by atoms with van der Waals surface area (Å²) in [6, 6.07) is 0. The van der Waals surface area contributed by atoms with Gasteiger partial charge in [0.25, 0.3) is 5.91 Å². The van der Waals surface area contributed by atoms with Crippen molar-refractivity contribution in [1.82, 2.24) is 9.55 Å². The average molecular weight is 267 g/mol. The third-order valence-corrected chi connectivity index (χ3v) is 2.96. The predicted molar refractivity (Wildman–Crippen MR) is 61.7 cm³/mol. The van der Waals surface area contributed by atoms with Gasteiger partial charge in [-0.2, -0.15) is 0 Å². The van der Waals surface area contributed by atoms with Crippen LogP contribution in [0.4, 0.5) is 0 Å². The second kappa shape index (κ2) is 4.99. The van der Waals surface area contributed by atoms with Crippen molar-refractivity contribution in [2.45, 2.75) is 24.5 Å². The van der Waals surface area contributed by atoms with Gasteiger partial charge in [-0.25, -0.2) is 4.98 Å². The van der Waals surface area contributed by atoms with Crippen LogP contribution in [0.3, 0.4) is 0 Å². The first-order valence-corrected chi connectivity index (χ1v) is 5.47. The molecule has 1 aromatic rings. The minimum absolute atomic E-state index is 0.0438. The van der Waals surface area contributed by atoms with Crippen LogP contribution in [-0.2, 0) is 4.74 Å². The summed E-state index contributed by atoms with van der Waals surface area (Å²) in [6.07, 6.45) is 1.92. The number of amides is 1. The van der Waals surface area contributed by atoms with Gasteiger partial charge in [0.1, 0.15) is 24.0 Å². The predicted octanol–water partition coefficient (Wildman–Crippen LogP) is -2.43. The van der Waals surface area contributed by atoms with Crippen molar-refractivity contribution in [1.29, 1.82) is 0 Å². The maximum Gasteiger partial charge on any atom is 0.270 e. The topological polar surface area (TPSA) is 131 Å². The van der Waals surface area contributed by atoms with Crippen LogP contribution in [0.15, 0.2) is 6.33 Å². The first-order chi connectivity index (χ1) is 9.01. The van der Waals surface area contributed by atoms with Gasteiger partial charge in [-0.15, -0.1) is 6.42 Å². The number of rotatable bonds is 3. The highest BCUT2D eigenvalue weighted by Gasteiger charge is 2.44. The fraction of sp³-hybridized carbons (Fsp3) is 0.455. The van der Waals surface area contributed by atoms with E-state index in [0.717, 1.165) is 0 Å². The Kier molecular flexibility index (Phi) is 3.55. The molecule has 1 aliphatic heterocycles. The van der Waals surface area contributed by atoms with Crippen molar-refractivity contribution in [3.63, 3.8) is 0 Å². The van der Waals surface area contributed by atoms with E-state index in [1.165, 1.54) is 10.9 Å². The number of carbonyl (C=O) groups is 1. The highest BCUT2D eigenvalue weighted by molar-refractivity contribution is 5.93. The lowest BCUT2D eigenvalue weighted by Crippen LogP contribution is -2.33. The molecule has 5 N–H and O–H groups in total. The molecule has 1 aromatic heterocycles. The van der Waals surface area contributed by atoms with Crippen LogP contribution in [0, 0.1) is 12.3 Å². The summed E-state index contributed by atoms with van der Waals surface area (Å²) >= 11 is 0. The van der Waals surface area contributed by atoms with Crippen LogP contribution in [0.2, 0.25) is 0 Å². The van der Waals surface area contributed by atoms with E-state index in [9.17, 15) is 15.0 Å². The third-order valence-electron chi connectivity index (χ3n) is 2.96. The Bertz CT molecular complexity index is 535. The zero-order valence-corrected chi connectivity index (χ0v) is 9.80. The summed E-state index contributed by atoms with van der Waals surface area (Å²) in [5, 5.41) is 28.5. The summed E-state index contributed by atoms with van der Waals surface area (Å²) in [5.41, 5.74) is 5.03. The fourth-order valence-corrected chi connectivity index (χ4v) is 1.99. The zero-order valence-electron chi connectivity index (χ0n) is 9.80. The van der Waals surface area contributed by atoms with E-state index in [1.807, 2.05) is 0 Å². The first-order valence-electron chi connectivity index (χ1n) is 5.47. The van der Waals surface area contributed by atoms with Crippen LogP contribution >= 0.6 is 0 Å². The number of nitrogens with two attached hydrogens (primary N) is 1. The molecule has 1 fully saturated rings. The third kappa shape index (κ3) is 2.09. The number of hydrogen-bond donors (Lipinski definition) is 4. The van der Waals surface area contributed by atoms with Crippen LogP contribution < -0.4 is 5.73 Å². The molecule has 1 amide bonds.